The molecule has 0 fully saturated rings. The van der Waals surface area contributed by atoms with Gasteiger partial charge >= 0.3 is 0 Å². The zero-order chi connectivity index (χ0) is 14.5. The summed E-state index contributed by atoms with van der Waals surface area (Å²) in [6, 6.07) is 20.4. The van der Waals surface area contributed by atoms with Crippen LogP contribution in [-0.2, 0) is 0 Å². The molecule has 0 saturated carbocycles. The minimum absolute atomic E-state index is 0.880. The number of pyridine rings is 1. The van der Waals surface area contributed by atoms with E-state index >= 15 is 0 Å². The monoisotopic (exact) mass is 284 g/mol. The second-order valence-electron chi connectivity index (χ2n) is 5.41. The van der Waals surface area contributed by atoms with Crippen molar-refractivity contribution in [1.82, 2.24) is 9.38 Å². The summed E-state index contributed by atoms with van der Waals surface area (Å²) in [4.78, 5) is 4.74. The van der Waals surface area contributed by atoms with E-state index in [0.717, 1.165) is 38.8 Å². The zero-order valence-electron chi connectivity index (χ0n) is 11.7. The van der Waals surface area contributed by atoms with Gasteiger partial charge < -0.3 is 8.82 Å². The Morgan fingerprint density at radius 1 is 0.773 bits per heavy atom. The maximum Gasteiger partial charge on any atom is 0.152 e. The molecule has 3 aromatic heterocycles. The highest BCUT2D eigenvalue weighted by Gasteiger charge is 2.10. The third-order valence-corrected chi connectivity index (χ3v) is 4.02. The Bertz CT molecular complexity index is 1120. The van der Waals surface area contributed by atoms with E-state index in [4.69, 9.17) is 9.40 Å². The first-order valence-corrected chi connectivity index (χ1v) is 7.24. The van der Waals surface area contributed by atoms with Crippen molar-refractivity contribution in [3.05, 3.63) is 73.1 Å². The average molecular weight is 284 g/mol. The molecule has 104 valence electrons. The average Bonchev–Trinajstić information content (AvgIpc) is 3.14. The summed E-state index contributed by atoms with van der Waals surface area (Å²) in [7, 11) is 0. The van der Waals surface area contributed by atoms with Crippen LogP contribution in [0.2, 0.25) is 0 Å². The Kier molecular flexibility index (Phi) is 2.22. The molecule has 0 atom stereocenters. The van der Waals surface area contributed by atoms with Crippen LogP contribution in [0.3, 0.4) is 0 Å². The minimum Gasteiger partial charge on any atom is -0.455 e. The van der Waals surface area contributed by atoms with Crippen molar-refractivity contribution in [2.45, 2.75) is 0 Å². The lowest BCUT2D eigenvalue weighted by molar-refractivity contribution is 0.666. The van der Waals surface area contributed by atoms with Crippen LogP contribution in [0.25, 0.3) is 38.8 Å². The Hall–Kier alpha value is -3.07. The van der Waals surface area contributed by atoms with Crippen molar-refractivity contribution in [2.75, 3.05) is 0 Å². The first kappa shape index (κ1) is 11.6. The van der Waals surface area contributed by atoms with Crippen molar-refractivity contribution in [2.24, 2.45) is 0 Å². The van der Waals surface area contributed by atoms with Crippen molar-refractivity contribution in [3.63, 3.8) is 0 Å². The molecule has 0 radical (unpaired) electrons. The number of benzene rings is 2. The number of hydrogen-bond acceptors (Lipinski definition) is 2. The first-order chi connectivity index (χ1) is 10.9. The molecule has 0 aliphatic heterocycles. The van der Waals surface area contributed by atoms with Gasteiger partial charge in [-0.2, -0.15) is 0 Å². The summed E-state index contributed by atoms with van der Waals surface area (Å²) in [5, 5.41) is 2.23. The van der Waals surface area contributed by atoms with Gasteiger partial charge in [0.2, 0.25) is 0 Å². The maximum absolute atomic E-state index is 5.93. The minimum atomic E-state index is 0.880. The molecule has 3 heteroatoms. The predicted octanol–water partition coefficient (Wildman–Crippen LogP) is 4.90. The smallest absolute Gasteiger partial charge is 0.152 e. The molecular weight excluding hydrogens is 272 g/mol. The molecule has 0 bridgehead atoms. The fourth-order valence-electron chi connectivity index (χ4n) is 2.95. The van der Waals surface area contributed by atoms with Gasteiger partial charge in [-0.05, 0) is 12.1 Å². The van der Waals surface area contributed by atoms with Gasteiger partial charge in [0.05, 0.1) is 11.9 Å². The molecule has 3 heterocycles. The molecule has 3 nitrogen and oxygen atoms in total. The van der Waals surface area contributed by atoms with E-state index in [2.05, 4.69) is 24.3 Å². The van der Waals surface area contributed by atoms with E-state index in [0.29, 0.717) is 0 Å². The normalized spacial score (nSPS) is 11.6. The number of imidazole rings is 1. The number of hydrogen-bond donors (Lipinski definition) is 0. The first-order valence-electron chi connectivity index (χ1n) is 7.24. The quantitative estimate of drug-likeness (QED) is 0.438. The predicted molar refractivity (Wildman–Crippen MR) is 87.9 cm³/mol. The Morgan fingerprint density at radius 2 is 1.59 bits per heavy atom. The van der Waals surface area contributed by atoms with E-state index < -0.39 is 0 Å². The molecule has 0 aliphatic rings. The molecule has 22 heavy (non-hydrogen) atoms. The van der Waals surface area contributed by atoms with Crippen molar-refractivity contribution >= 4 is 27.6 Å². The third kappa shape index (κ3) is 1.59. The lowest BCUT2D eigenvalue weighted by Gasteiger charge is -1.92. The van der Waals surface area contributed by atoms with E-state index in [-0.39, 0.29) is 0 Å². The number of fused-ring (bicyclic) bond motifs is 4. The SMILES string of the molecule is c1ccc(-c2cn3cc4oc5ccccc5c4cc3n2)cc1. The molecular formula is C19H12N2O. The van der Waals surface area contributed by atoms with E-state index in [9.17, 15) is 0 Å². The van der Waals surface area contributed by atoms with E-state index in [1.165, 1.54) is 0 Å². The standard InChI is InChI=1S/C19H12N2O/c1-2-6-13(7-3-1)16-11-21-12-18-15(10-19(21)20-16)14-8-4-5-9-17(14)22-18/h1-12H. The highest BCUT2D eigenvalue weighted by Crippen LogP contribution is 2.30. The molecule has 2 aromatic carbocycles. The molecule has 5 aromatic rings. The second kappa shape index (κ2) is 4.21. The fourth-order valence-corrected chi connectivity index (χ4v) is 2.95. The van der Waals surface area contributed by atoms with Gasteiger partial charge in [0.15, 0.2) is 5.58 Å². The molecule has 5 rings (SSSR count). The van der Waals surface area contributed by atoms with Crippen LogP contribution in [0.5, 0.6) is 0 Å². The molecule has 0 saturated heterocycles. The lowest BCUT2D eigenvalue weighted by atomic mass is 10.2. The van der Waals surface area contributed by atoms with Crippen molar-refractivity contribution in [1.29, 1.82) is 0 Å². The molecule has 0 amide bonds. The van der Waals surface area contributed by atoms with Gasteiger partial charge in [0, 0.05) is 22.5 Å². The largest absolute Gasteiger partial charge is 0.455 e. The highest BCUT2D eigenvalue weighted by atomic mass is 16.3. The summed E-state index contributed by atoms with van der Waals surface area (Å²) in [5.74, 6) is 0. The van der Waals surface area contributed by atoms with Gasteiger partial charge in [-0.1, -0.05) is 48.5 Å². The van der Waals surface area contributed by atoms with Gasteiger partial charge in [-0.15, -0.1) is 0 Å². The Balaban J connectivity index is 1.81. The van der Waals surface area contributed by atoms with Crippen LogP contribution >= 0.6 is 0 Å². The van der Waals surface area contributed by atoms with Crippen molar-refractivity contribution in [3.8, 4) is 11.3 Å². The maximum atomic E-state index is 5.93. The number of furan rings is 1. The number of aromatic nitrogens is 2. The summed E-state index contributed by atoms with van der Waals surface area (Å²) in [6.07, 6.45) is 4.04. The summed E-state index contributed by atoms with van der Waals surface area (Å²) in [6.45, 7) is 0. The number of para-hydroxylation sites is 1. The summed E-state index contributed by atoms with van der Waals surface area (Å²) < 4.78 is 7.95. The van der Waals surface area contributed by atoms with Crippen LogP contribution in [0.1, 0.15) is 0 Å². The van der Waals surface area contributed by atoms with Gasteiger partial charge in [0.25, 0.3) is 0 Å². The van der Waals surface area contributed by atoms with Gasteiger partial charge in [0.1, 0.15) is 11.2 Å². The van der Waals surface area contributed by atoms with Crippen molar-refractivity contribution < 1.29 is 4.42 Å². The van der Waals surface area contributed by atoms with Crippen LogP contribution in [-0.4, -0.2) is 9.38 Å². The lowest BCUT2D eigenvalue weighted by Crippen LogP contribution is -1.80. The number of rotatable bonds is 1. The van der Waals surface area contributed by atoms with Crippen LogP contribution in [0.4, 0.5) is 0 Å². The topological polar surface area (TPSA) is 30.4 Å². The van der Waals surface area contributed by atoms with Crippen LogP contribution in [0.15, 0.2) is 77.5 Å². The zero-order valence-corrected chi connectivity index (χ0v) is 11.7. The molecule has 0 aliphatic carbocycles. The van der Waals surface area contributed by atoms with Crippen LogP contribution in [0, 0.1) is 0 Å². The van der Waals surface area contributed by atoms with E-state index in [1.54, 1.807) is 0 Å². The molecule has 0 unspecified atom stereocenters. The third-order valence-electron chi connectivity index (χ3n) is 4.02. The Morgan fingerprint density at radius 3 is 2.50 bits per heavy atom. The summed E-state index contributed by atoms with van der Waals surface area (Å²) >= 11 is 0. The summed E-state index contributed by atoms with van der Waals surface area (Å²) in [5.41, 5.74) is 4.81. The van der Waals surface area contributed by atoms with Gasteiger partial charge in [-0.3, -0.25) is 0 Å². The fraction of sp³-hybridized carbons (Fsp3) is 0. The number of nitrogens with zero attached hydrogens (tertiary/aromatic N) is 2. The Labute approximate surface area is 126 Å². The second-order valence-corrected chi connectivity index (χ2v) is 5.41. The van der Waals surface area contributed by atoms with Gasteiger partial charge in [-0.25, -0.2) is 4.98 Å². The highest BCUT2D eigenvalue weighted by molar-refractivity contribution is 6.05. The van der Waals surface area contributed by atoms with Crippen LogP contribution < -0.4 is 0 Å². The van der Waals surface area contributed by atoms with E-state index in [1.807, 2.05) is 53.2 Å². The molecule has 0 N–H and O–H groups in total. The molecule has 0 spiro atoms.